The van der Waals surface area contributed by atoms with Gasteiger partial charge >= 0.3 is 0 Å². The summed E-state index contributed by atoms with van der Waals surface area (Å²) in [4.78, 5) is 19.7. The minimum atomic E-state index is -0.254. The first-order chi connectivity index (χ1) is 12.2. The fourth-order valence-electron chi connectivity index (χ4n) is 2.88. The summed E-state index contributed by atoms with van der Waals surface area (Å²) < 4.78 is 11.5. The van der Waals surface area contributed by atoms with Gasteiger partial charge in [-0.15, -0.1) is 0 Å². The van der Waals surface area contributed by atoms with E-state index in [1.54, 1.807) is 18.2 Å². The molecule has 2 aromatic carbocycles. The number of ether oxygens (including phenoxy) is 2. The Balaban J connectivity index is 1.81. The first kappa shape index (κ1) is 15.3. The molecule has 0 aliphatic carbocycles. The Kier molecular flexibility index (Phi) is 3.65. The van der Waals surface area contributed by atoms with Gasteiger partial charge in [0.2, 0.25) is 5.88 Å². The number of fused-ring (bicyclic) bond motifs is 2. The summed E-state index contributed by atoms with van der Waals surface area (Å²) in [5, 5.41) is 9.64. The van der Waals surface area contributed by atoms with E-state index in [9.17, 15) is 9.90 Å². The second-order valence-corrected chi connectivity index (χ2v) is 5.70. The smallest absolute Gasteiger partial charge is 0.258 e. The molecule has 25 heavy (non-hydrogen) atoms. The zero-order valence-electron chi connectivity index (χ0n) is 13.6. The molecule has 2 N–H and O–H groups in total. The van der Waals surface area contributed by atoms with Gasteiger partial charge in [-0.25, -0.2) is 0 Å². The van der Waals surface area contributed by atoms with Crippen molar-refractivity contribution in [2.75, 3.05) is 6.61 Å². The molecule has 6 nitrogen and oxygen atoms in total. The number of phenols is 1. The van der Waals surface area contributed by atoms with Crippen LogP contribution in [0.3, 0.4) is 0 Å². The Labute approximate surface area is 143 Å². The Morgan fingerprint density at radius 2 is 2.12 bits per heavy atom. The summed E-state index contributed by atoms with van der Waals surface area (Å²) in [6, 6.07) is 12.1. The van der Waals surface area contributed by atoms with Gasteiger partial charge in [0.15, 0.2) is 11.5 Å². The van der Waals surface area contributed by atoms with E-state index in [2.05, 4.69) is 9.97 Å². The number of aromatic nitrogens is 2. The van der Waals surface area contributed by atoms with Gasteiger partial charge < -0.3 is 19.6 Å². The molecule has 0 radical (unpaired) electrons. The molecule has 126 valence electrons. The lowest BCUT2D eigenvalue weighted by atomic mass is 10.0. The number of para-hydroxylation sites is 1. The number of nitrogens with one attached hydrogen (secondary N) is 1. The lowest BCUT2D eigenvalue weighted by Crippen LogP contribution is -2.20. The minimum Gasteiger partial charge on any atom is -0.508 e. The van der Waals surface area contributed by atoms with E-state index in [1.807, 2.05) is 25.1 Å². The van der Waals surface area contributed by atoms with Gasteiger partial charge in [0.05, 0.1) is 12.2 Å². The van der Waals surface area contributed by atoms with Crippen LogP contribution < -0.4 is 15.0 Å². The highest BCUT2D eigenvalue weighted by Gasteiger charge is 2.25. The molecular weight excluding hydrogens is 320 g/mol. The van der Waals surface area contributed by atoms with Crippen LogP contribution in [0.1, 0.15) is 18.1 Å². The van der Waals surface area contributed by atoms with Crippen molar-refractivity contribution in [1.82, 2.24) is 9.97 Å². The van der Waals surface area contributed by atoms with Gasteiger partial charge in [-0.1, -0.05) is 24.3 Å². The molecule has 0 atom stereocenters. The third-order valence-corrected chi connectivity index (χ3v) is 4.02. The van der Waals surface area contributed by atoms with Gasteiger partial charge in [0, 0.05) is 17.5 Å². The van der Waals surface area contributed by atoms with E-state index in [0.717, 1.165) is 5.56 Å². The summed E-state index contributed by atoms with van der Waals surface area (Å²) in [6.45, 7) is 2.42. The normalized spacial score (nSPS) is 12.0. The van der Waals surface area contributed by atoms with Crippen LogP contribution in [0.2, 0.25) is 0 Å². The molecule has 0 saturated heterocycles. The SMILES string of the molecule is CCOc1cccc2c1Oc1nc(-c3cccc(O)c3)[nH]c(=O)c1C2. The first-order valence-corrected chi connectivity index (χ1v) is 8.01. The average Bonchev–Trinajstić information content (AvgIpc) is 2.61. The summed E-state index contributed by atoms with van der Waals surface area (Å²) in [5.41, 5.74) is 1.71. The highest BCUT2D eigenvalue weighted by Crippen LogP contribution is 2.40. The van der Waals surface area contributed by atoms with Crippen LogP contribution in [0.15, 0.2) is 47.3 Å². The number of nitrogens with zero attached hydrogens (tertiary/aromatic N) is 1. The summed E-state index contributed by atoms with van der Waals surface area (Å²) >= 11 is 0. The number of H-pyrrole nitrogens is 1. The zero-order valence-corrected chi connectivity index (χ0v) is 13.6. The van der Waals surface area contributed by atoms with Crippen molar-refractivity contribution < 1.29 is 14.6 Å². The molecule has 0 saturated carbocycles. The standard InChI is InChI=1S/C19H16N2O4/c1-2-24-15-8-4-5-11-10-14-18(23)20-17(21-19(14)25-16(11)15)12-6-3-7-13(22)9-12/h3-9,22H,2,10H2,1H3,(H,20,21,23). The van der Waals surface area contributed by atoms with Gasteiger partial charge in [-0.2, -0.15) is 4.98 Å². The van der Waals surface area contributed by atoms with Crippen molar-refractivity contribution in [2.45, 2.75) is 13.3 Å². The minimum absolute atomic E-state index is 0.0998. The molecule has 2 heterocycles. The highest BCUT2D eigenvalue weighted by molar-refractivity contribution is 5.60. The molecule has 0 fully saturated rings. The van der Waals surface area contributed by atoms with Crippen LogP contribution >= 0.6 is 0 Å². The number of benzene rings is 2. The number of aromatic amines is 1. The molecule has 1 aromatic heterocycles. The maximum Gasteiger partial charge on any atom is 0.258 e. The number of aromatic hydroxyl groups is 1. The largest absolute Gasteiger partial charge is 0.508 e. The topological polar surface area (TPSA) is 84.4 Å². The predicted octanol–water partition coefficient (Wildman–Crippen LogP) is 3.24. The van der Waals surface area contributed by atoms with Gasteiger partial charge in [-0.3, -0.25) is 4.79 Å². The monoisotopic (exact) mass is 336 g/mol. The van der Waals surface area contributed by atoms with Crippen LogP contribution in [0.4, 0.5) is 0 Å². The fourth-order valence-corrected chi connectivity index (χ4v) is 2.88. The Hall–Kier alpha value is -3.28. The van der Waals surface area contributed by atoms with Crippen LogP contribution in [-0.4, -0.2) is 21.7 Å². The van der Waals surface area contributed by atoms with Crippen LogP contribution in [-0.2, 0) is 6.42 Å². The van der Waals surface area contributed by atoms with Crippen molar-refractivity contribution in [2.24, 2.45) is 0 Å². The molecule has 3 aromatic rings. The van der Waals surface area contributed by atoms with Crippen molar-refractivity contribution in [3.05, 3.63) is 63.9 Å². The molecule has 0 amide bonds. The molecule has 1 aliphatic heterocycles. The third kappa shape index (κ3) is 2.71. The zero-order chi connectivity index (χ0) is 17.4. The van der Waals surface area contributed by atoms with E-state index < -0.39 is 0 Å². The van der Waals surface area contributed by atoms with Crippen molar-refractivity contribution >= 4 is 0 Å². The lowest BCUT2D eigenvalue weighted by Gasteiger charge is -2.21. The average molecular weight is 336 g/mol. The van der Waals surface area contributed by atoms with Gasteiger partial charge in [0.1, 0.15) is 11.6 Å². The number of hydrogen-bond acceptors (Lipinski definition) is 5. The molecule has 0 spiro atoms. The predicted molar refractivity (Wildman–Crippen MR) is 92.4 cm³/mol. The van der Waals surface area contributed by atoms with E-state index in [1.165, 1.54) is 6.07 Å². The fraction of sp³-hybridized carbons (Fsp3) is 0.158. The Morgan fingerprint density at radius 1 is 1.28 bits per heavy atom. The highest BCUT2D eigenvalue weighted by atomic mass is 16.5. The lowest BCUT2D eigenvalue weighted by molar-refractivity contribution is 0.315. The molecule has 1 aliphatic rings. The number of hydrogen-bond donors (Lipinski definition) is 2. The van der Waals surface area contributed by atoms with E-state index >= 15 is 0 Å². The van der Waals surface area contributed by atoms with E-state index in [0.29, 0.717) is 41.5 Å². The number of phenolic OH excluding ortho intramolecular Hbond substituents is 1. The van der Waals surface area contributed by atoms with Crippen LogP contribution in [0, 0.1) is 0 Å². The molecule has 0 unspecified atom stereocenters. The summed E-state index contributed by atoms with van der Waals surface area (Å²) in [6.07, 6.45) is 0.425. The molecular formula is C19H16N2O4. The van der Waals surface area contributed by atoms with E-state index in [4.69, 9.17) is 9.47 Å². The van der Waals surface area contributed by atoms with Crippen molar-refractivity contribution in [3.8, 4) is 34.5 Å². The molecule has 0 bridgehead atoms. The summed E-state index contributed by atoms with van der Waals surface area (Å²) in [5.74, 6) is 1.94. The van der Waals surface area contributed by atoms with Crippen molar-refractivity contribution in [1.29, 1.82) is 0 Å². The van der Waals surface area contributed by atoms with Crippen LogP contribution in [0.5, 0.6) is 23.1 Å². The van der Waals surface area contributed by atoms with Crippen LogP contribution in [0.25, 0.3) is 11.4 Å². The van der Waals surface area contributed by atoms with Gasteiger partial charge in [-0.05, 0) is 25.1 Å². The maximum atomic E-state index is 12.5. The van der Waals surface area contributed by atoms with Gasteiger partial charge in [0.25, 0.3) is 5.56 Å². The quantitative estimate of drug-likeness (QED) is 0.600. The first-order valence-electron chi connectivity index (χ1n) is 8.01. The second-order valence-electron chi connectivity index (χ2n) is 5.70. The molecule has 4 rings (SSSR count). The summed E-state index contributed by atoms with van der Waals surface area (Å²) in [7, 11) is 0. The maximum absolute atomic E-state index is 12.5. The van der Waals surface area contributed by atoms with E-state index in [-0.39, 0.29) is 17.2 Å². The second kappa shape index (κ2) is 5.98. The Morgan fingerprint density at radius 3 is 2.92 bits per heavy atom. The Bertz CT molecular complexity index is 1010. The molecule has 6 heteroatoms. The third-order valence-electron chi connectivity index (χ3n) is 4.02. The number of rotatable bonds is 3. The van der Waals surface area contributed by atoms with Crippen molar-refractivity contribution in [3.63, 3.8) is 0 Å².